The summed E-state index contributed by atoms with van der Waals surface area (Å²) in [6.45, 7) is 5.71. The Hall–Kier alpha value is -14.6. The maximum absolute atomic E-state index is 12.7. The first-order valence-electron chi connectivity index (χ1n) is 36.1. The van der Waals surface area contributed by atoms with E-state index in [9.17, 15) is 93.6 Å². The number of aromatic nitrogens is 9. The number of rotatable bonds is 29. The second-order valence-electron chi connectivity index (χ2n) is 26.1. The largest absolute Gasteiger partial charge is 0.324 e. The zero-order valence-corrected chi connectivity index (χ0v) is 69.4. The average molecular weight is 1830 g/mol. The topological polar surface area (TPSA) is 647 Å². The van der Waals surface area contributed by atoms with Gasteiger partial charge in [-0.1, -0.05) is 59.6 Å². The Morgan fingerprint density at radius 2 is 0.532 bits per heavy atom. The zero-order valence-electron chi connectivity index (χ0n) is 64.5. The zero-order chi connectivity index (χ0) is 90.3. The van der Waals surface area contributed by atoms with E-state index < -0.39 is 94.8 Å². The van der Waals surface area contributed by atoms with Crippen LogP contribution in [0.15, 0.2) is 230 Å². The number of anilines is 18. The Balaban J connectivity index is 0.000000162. The summed E-state index contributed by atoms with van der Waals surface area (Å²) in [5, 5.41) is 37.6. The molecule has 3 aliphatic rings. The predicted octanol–water partition coefficient (Wildman–Crippen LogP) is 10.8. The second-order valence-corrected chi connectivity index (χ2v) is 33.8. The van der Waals surface area contributed by atoms with Crippen LogP contribution in [0, 0.1) is 0 Å². The second kappa shape index (κ2) is 36.8. The molecular weight excluding hydrogens is 1770 g/mol. The van der Waals surface area contributed by atoms with Gasteiger partial charge < -0.3 is 47.9 Å². The van der Waals surface area contributed by atoms with Crippen LogP contribution >= 0.6 is 12.0 Å². The quantitative estimate of drug-likeness (QED) is 0.00681. The van der Waals surface area contributed by atoms with Crippen molar-refractivity contribution < 1.29 is 108 Å². The minimum Gasteiger partial charge on any atom is -0.324 e. The van der Waals surface area contributed by atoms with Gasteiger partial charge in [0.25, 0.3) is 86.0 Å². The fourth-order valence-corrected chi connectivity index (χ4v) is 15.7. The molecule has 0 atom stereocenters. The fourth-order valence-electron chi connectivity index (χ4n) is 12.3. The van der Waals surface area contributed by atoms with E-state index in [0.29, 0.717) is 33.2 Å². The molecule has 0 bridgehead atoms. The third-order valence-corrected chi connectivity index (χ3v) is 22.8. The van der Waals surface area contributed by atoms with Crippen molar-refractivity contribution in [3.63, 3.8) is 0 Å². The molecule has 6 heterocycles. The van der Waals surface area contributed by atoms with Gasteiger partial charge in [0.2, 0.25) is 53.5 Å². The Labute approximate surface area is 717 Å². The van der Waals surface area contributed by atoms with E-state index in [-0.39, 0.29) is 145 Å². The molecule has 0 aliphatic carbocycles. The van der Waals surface area contributed by atoms with Crippen LogP contribution < -0.4 is 47.9 Å². The lowest BCUT2D eigenvalue weighted by atomic mass is 10.1. The summed E-state index contributed by atoms with van der Waals surface area (Å²) >= 11 is 0.755. The van der Waals surface area contributed by atoms with Crippen molar-refractivity contribution in [3.8, 4) is 0 Å². The van der Waals surface area contributed by atoms with Crippen LogP contribution in [0.2, 0.25) is 0 Å². The number of benzene rings is 9. The number of nitrogens with one attached hydrogen (secondary N) is 9. The van der Waals surface area contributed by atoms with Crippen molar-refractivity contribution in [2.24, 2.45) is 0 Å². The first-order chi connectivity index (χ1) is 59.8. The fraction of sp³-hybridized carbons (Fsp3) is 0.0800. The lowest BCUT2D eigenvalue weighted by molar-refractivity contribution is -0.432. The molecule has 3 aliphatic heterocycles. The summed E-state index contributed by atoms with van der Waals surface area (Å²) in [6, 6.07) is 47.2. The molecule has 648 valence electrons. The van der Waals surface area contributed by atoms with E-state index in [2.05, 4.69) is 102 Å². The number of hydrogen-bond donors (Lipinski definition) is 15. The van der Waals surface area contributed by atoms with Crippen LogP contribution in [-0.2, 0) is 60.0 Å². The van der Waals surface area contributed by atoms with E-state index in [4.69, 9.17) is 5.26 Å². The predicted molar refractivity (Wildman–Crippen MR) is 450 cm³/mol. The molecule has 45 nitrogen and oxygen atoms in total. The Bertz CT molecular complexity index is 6940. The number of para-hydroxylation sites is 3. The van der Waals surface area contributed by atoms with Gasteiger partial charge in [0, 0.05) is 58.7 Å². The molecule has 0 spiro atoms. The van der Waals surface area contributed by atoms with Crippen molar-refractivity contribution >= 4 is 203 Å². The molecule has 15 N–H and O–H groups in total. The molecule has 0 radical (unpaired) electrons. The SMILES string of the molecule is CCN1C(=O)c2ccc(Nc3nc(Nc4cccc(S(=O)(=O)O)c4)nc(Nc4ccccc4S(=O)(=O)O)n3)cc2C1=O.CCN1C(=O)c2ccc(Nc3nc(Nc4cccc(SOOO)c4)nc(Nc4cccc(S(=O)(=O)O)c4)n3)cc2C1=O.CCN1C(=O)c2ccc(Nc3nc(Nc4ccccc4S(=O)(=O)O)nc(Nc4ccccc4S(=O)(=O)O)n3)cc2C1=O. The molecule has 0 saturated carbocycles. The van der Waals surface area contributed by atoms with Crippen LogP contribution in [0.3, 0.4) is 0 Å². The first-order valence-corrected chi connectivity index (χ1v) is 44.1. The van der Waals surface area contributed by atoms with Gasteiger partial charge in [0.1, 0.15) is 14.7 Å². The highest BCUT2D eigenvalue weighted by Crippen LogP contribution is 2.36. The van der Waals surface area contributed by atoms with Gasteiger partial charge >= 0.3 is 0 Å². The van der Waals surface area contributed by atoms with E-state index in [1.165, 1.54) is 146 Å². The van der Waals surface area contributed by atoms with Crippen LogP contribution in [0.25, 0.3) is 0 Å². The van der Waals surface area contributed by atoms with Gasteiger partial charge in [-0.25, -0.2) is 5.26 Å². The average Bonchev–Trinajstić information content (AvgIpc) is 1.65. The van der Waals surface area contributed by atoms with Crippen molar-refractivity contribution in [1.82, 2.24) is 59.6 Å². The summed E-state index contributed by atoms with van der Waals surface area (Å²) in [5.41, 5.74) is 3.17. The summed E-state index contributed by atoms with van der Waals surface area (Å²) in [6.07, 6.45) is 0. The number of hydrogen-bond acceptors (Lipinski definition) is 38. The molecule has 6 amide bonds. The number of imide groups is 3. The van der Waals surface area contributed by atoms with E-state index >= 15 is 0 Å². The minimum atomic E-state index is -4.64. The Kier molecular flexibility index (Phi) is 26.1. The van der Waals surface area contributed by atoms with Crippen LogP contribution in [0.4, 0.5) is 105 Å². The summed E-state index contributed by atoms with van der Waals surface area (Å²) in [4.78, 5) is 116. The lowest BCUT2D eigenvalue weighted by Crippen LogP contribution is -2.29. The molecular formula is C75H63N21O24S6. The first kappa shape index (κ1) is 89.2. The number of carbonyl (C=O) groups excluding carboxylic acids is 6. The maximum Gasteiger partial charge on any atom is 0.296 e. The molecule has 9 aromatic carbocycles. The van der Waals surface area contributed by atoms with Crippen molar-refractivity contribution in [1.29, 1.82) is 0 Å². The van der Waals surface area contributed by atoms with Crippen molar-refractivity contribution in [3.05, 3.63) is 234 Å². The van der Waals surface area contributed by atoms with Gasteiger partial charge in [-0.3, -0.25) is 66.2 Å². The Morgan fingerprint density at radius 3 is 0.794 bits per heavy atom. The number of fused-ring (bicyclic) bond motifs is 3. The standard InChI is InChI=1S/3C25H21N7O8S2/c1-2-32-21(33)19-10-9-16(13-20(19)22(32)34)28-25-30-23(26-14-5-3-7-17(11-14)41-40-39-35)29-24(31-25)27-15-6-4-8-18(12-15)42(36,37)38;1-2-32-21(33)15-12-11-14(13-16(15)22(32)34)26-23-29-24(27-17-7-3-5-9-19(17)41(35,36)37)31-25(30-23)28-18-8-4-6-10-20(18)42(38,39)40;1-2-32-21(33)17-11-10-15(13-18(17)22(32)34)27-24-29-23(26-14-6-5-7-16(12-14)41(35,36)37)30-25(31-24)28-19-8-3-4-9-20(19)42(38,39)40/h3-13,35H,2H2,1H3,(H,36,37,38)(H3,26,27,28,29,30,31);2*3-13H,2H2,1H3,(H,35,36,37)(H,38,39,40)(H3,26,27,28,29,30,31). The monoisotopic (exact) mass is 1830 g/mol. The van der Waals surface area contributed by atoms with Crippen LogP contribution in [-0.4, -0.2) is 185 Å². The number of carbonyl (C=O) groups is 6. The van der Waals surface area contributed by atoms with Gasteiger partial charge in [0.15, 0.2) is 0 Å². The molecule has 126 heavy (non-hydrogen) atoms. The molecule has 3 aromatic heterocycles. The summed E-state index contributed by atoms with van der Waals surface area (Å²) in [5.74, 6) is -3.50. The van der Waals surface area contributed by atoms with E-state index in [0.717, 1.165) is 44.9 Å². The number of amides is 6. The third kappa shape index (κ3) is 21.0. The molecule has 0 saturated heterocycles. The highest BCUT2D eigenvalue weighted by Gasteiger charge is 2.38. The normalized spacial score (nSPS) is 13.0. The lowest BCUT2D eigenvalue weighted by Gasteiger charge is -2.14. The molecule has 51 heteroatoms. The summed E-state index contributed by atoms with van der Waals surface area (Å²) < 4.78 is 170. The third-order valence-electron chi connectivity index (χ3n) is 17.8. The van der Waals surface area contributed by atoms with Crippen LogP contribution in [0.5, 0.6) is 0 Å². The van der Waals surface area contributed by atoms with E-state index in [1.54, 1.807) is 57.2 Å². The molecule has 12 aromatic rings. The van der Waals surface area contributed by atoms with Gasteiger partial charge in [-0.15, -0.1) is 4.33 Å². The van der Waals surface area contributed by atoms with Gasteiger partial charge in [-0.2, -0.15) is 86.9 Å². The highest BCUT2D eigenvalue weighted by atomic mass is 32.2. The molecule has 0 fully saturated rings. The summed E-state index contributed by atoms with van der Waals surface area (Å²) in [7, 11) is -22.9. The van der Waals surface area contributed by atoms with Gasteiger partial charge in [-0.05, 0) is 166 Å². The molecule has 15 rings (SSSR count). The van der Waals surface area contributed by atoms with Crippen molar-refractivity contribution in [2.75, 3.05) is 67.5 Å². The van der Waals surface area contributed by atoms with Crippen LogP contribution in [0.1, 0.15) is 82.9 Å². The maximum atomic E-state index is 12.7. The minimum absolute atomic E-state index is 0.00500. The number of nitrogens with zero attached hydrogens (tertiary/aromatic N) is 12. The molecule has 0 unspecified atom stereocenters. The Morgan fingerprint density at radius 1 is 0.286 bits per heavy atom. The smallest absolute Gasteiger partial charge is 0.296 e. The van der Waals surface area contributed by atoms with E-state index in [1.807, 2.05) is 0 Å². The van der Waals surface area contributed by atoms with Crippen molar-refractivity contribution in [2.45, 2.75) is 50.1 Å². The highest BCUT2D eigenvalue weighted by molar-refractivity contribution is 7.94. The van der Waals surface area contributed by atoms with Gasteiger partial charge in [0.05, 0.1) is 72.3 Å².